The first-order valence-corrected chi connectivity index (χ1v) is 8.94. The lowest BCUT2D eigenvalue weighted by molar-refractivity contribution is 1.19. The minimum absolute atomic E-state index is 0.623. The first-order valence-electron chi connectivity index (χ1n) is 7.30. The normalized spacial score (nSPS) is 11.6. The second-order valence-corrected chi connectivity index (χ2v) is 7.92. The zero-order valence-corrected chi connectivity index (χ0v) is 14.5. The molecule has 0 atom stereocenters. The highest BCUT2D eigenvalue weighted by molar-refractivity contribution is 7.22. The van der Waals surface area contributed by atoms with Gasteiger partial charge < -0.3 is 11.5 Å². The molecule has 0 bridgehead atoms. The van der Waals surface area contributed by atoms with Gasteiger partial charge in [0.25, 0.3) is 0 Å². The first kappa shape index (κ1) is 14.4. The van der Waals surface area contributed by atoms with Crippen molar-refractivity contribution in [2.24, 2.45) is 0 Å². The van der Waals surface area contributed by atoms with Crippen LogP contribution in [0.1, 0.15) is 22.3 Å². The van der Waals surface area contributed by atoms with Gasteiger partial charge in [0.1, 0.15) is 0 Å². The van der Waals surface area contributed by atoms with Gasteiger partial charge in [-0.25, -0.2) is 9.97 Å². The van der Waals surface area contributed by atoms with Gasteiger partial charge in [0, 0.05) is 0 Å². The molecule has 4 rings (SSSR count). The van der Waals surface area contributed by atoms with Crippen molar-refractivity contribution in [3.63, 3.8) is 0 Å². The number of hydrogen-bond donors (Lipinski definition) is 2. The number of fused-ring (bicyclic) bond motifs is 2. The highest BCUT2D eigenvalue weighted by Crippen LogP contribution is 2.31. The standard InChI is InChI=1S/C17H16N4S2/c1-8-3-10(6-12-14(8)20-16(18)22-12)5-11-4-9(2)15-13(7-11)23-17(19)21-15/h3-4,6-7H,5H2,1-2H3,(H2,18,20)(H2,19,21). The molecule has 2 aromatic heterocycles. The van der Waals surface area contributed by atoms with Crippen LogP contribution < -0.4 is 11.5 Å². The molecule has 0 radical (unpaired) electrons. The van der Waals surface area contributed by atoms with Crippen LogP contribution in [0.3, 0.4) is 0 Å². The van der Waals surface area contributed by atoms with Crippen LogP contribution in [0, 0.1) is 13.8 Å². The zero-order chi connectivity index (χ0) is 16.1. The molecule has 0 saturated carbocycles. The molecule has 4 N–H and O–H groups in total. The van der Waals surface area contributed by atoms with E-state index in [-0.39, 0.29) is 0 Å². The van der Waals surface area contributed by atoms with Crippen molar-refractivity contribution in [3.05, 3.63) is 46.5 Å². The van der Waals surface area contributed by atoms with Gasteiger partial charge in [0.15, 0.2) is 10.3 Å². The van der Waals surface area contributed by atoms with Gasteiger partial charge in [-0.3, -0.25) is 0 Å². The second-order valence-electron chi connectivity index (χ2n) is 5.80. The predicted octanol–water partition coefficient (Wildman–Crippen LogP) is 4.28. The monoisotopic (exact) mass is 340 g/mol. The molecule has 0 saturated heterocycles. The van der Waals surface area contributed by atoms with Gasteiger partial charge in [-0.2, -0.15) is 0 Å². The van der Waals surface area contributed by atoms with Crippen molar-refractivity contribution in [3.8, 4) is 0 Å². The number of nitrogen functional groups attached to an aromatic ring is 2. The third-order valence-corrected chi connectivity index (χ3v) is 5.59. The van der Waals surface area contributed by atoms with E-state index in [0.29, 0.717) is 10.3 Å². The van der Waals surface area contributed by atoms with Crippen molar-refractivity contribution < 1.29 is 0 Å². The number of hydrogen-bond acceptors (Lipinski definition) is 6. The number of rotatable bonds is 2. The summed E-state index contributed by atoms with van der Waals surface area (Å²) in [4.78, 5) is 8.79. The zero-order valence-electron chi connectivity index (χ0n) is 12.9. The fourth-order valence-electron chi connectivity index (χ4n) is 3.01. The van der Waals surface area contributed by atoms with E-state index in [4.69, 9.17) is 11.5 Å². The Morgan fingerprint density at radius 3 is 1.65 bits per heavy atom. The Balaban J connectivity index is 1.77. The van der Waals surface area contributed by atoms with E-state index in [9.17, 15) is 0 Å². The summed E-state index contributed by atoms with van der Waals surface area (Å²) in [5, 5.41) is 1.25. The molecule has 23 heavy (non-hydrogen) atoms. The lowest BCUT2D eigenvalue weighted by Gasteiger charge is -2.06. The van der Waals surface area contributed by atoms with Crippen molar-refractivity contribution in [2.75, 3.05) is 11.5 Å². The molecule has 0 unspecified atom stereocenters. The quantitative estimate of drug-likeness (QED) is 0.571. The van der Waals surface area contributed by atoms with Crippen LogP contribution in [0.4, 0.5) is 10.3 Å². The number of thiazole rings is 2. The predicted molar refractivity (Wildman–Crippen MR) is 100 cm³/mol. The number of aryl methyl sites for hydroxylation is 2. The fourth-order valence-corrected chi connectivity index (χ4v) is 4.76. The molecule has 2 heterocycles. The second kappa shape index (κ2) is 5.18. The third-order valence-electron chi connectivity index (χ3n) is 3.93. The Bertz CT molecular complexity index is 962. The first-order chi connectivity index (χ1) is 11.0. The SMILES string of the molecule is Cc1cc(Cc2cc(C)c3nc(N)sc3c2)cc2sc(N)nc12. The molecule has 6 heteroatoms. The van der Waals surface area contributed by atoms with Crippen LogP contribution in [0.5, 0.6) is 0 Å². The van der Waals surface area contributed by atoms with E-state index in [0.717, 1.165) is 26.9 Å². The van der Waals surface area contributed by atoms with Crippen molar-refractivity contribution in [2.45, 2.75) is 20.3 Å². The Kier molecular flexibility index (Phi) is 3.25. The summed E-state index contributed by atoms with van der Waals surface area (Å²) in [5.41, 5.74) is 18.6. The highest BCUT2D eigenvalue weighted by Gasteiger charge is 2.10. The number of nitrogens with two attached hydrogens (primary N) is 2. The Labute approximate surface area is 141 Å². The van der Waals surface area contributed by atoms with Crippen molar-refractivity contribution >= 4 is 53.4 Å². The molecule has 0 fully saturated rings. The van der Waals surface area contributed by atoms with Crippen LogP contribution >= 0.6 is 22.7 Å². The minimum Gasteiger partial charge on any atom is -0.375 e. The highest BCUT2D eigenvalue weighted by atomic mass is 32.1. The van der Waals surface area contributed by atoms with E-state index >= 15 is 0 Å². The molecule has 0 amide bonds. The number of aromatic nitrogens is 2. The van der Waals surface area contributed by atoms with Gasteiger partial charge >= 0.3 is 0 Å². The number of nitrogens with zero attached hydrogens (tertiary/aromatic N) is 2. The maximum Gasteiger partial charge on any atom is 0.181 e. The lowest BCUT2D eigenvalue weighted by atomic mass is 10.0. The van der Waals surface area contributed by atoms with E-state index in [1.54, 1.807) is 22.7 Å². The van der Waals surface area contributed by atoms with Crippen LogP contribution in [-0.2, 0) is 6.42 Å². The molecular weight excluding hydrogens is 324 g/mol. The van der Waals surface area contributed by atoms with Gasteiger partial charge in [-0.05, 0) is 54.7 Å². The van der Waals surface area contributed by atoms with Crippen LogP contribution in [0.15, 0.2) is 24.3 Å². The maximum atomic E-state index is 5.84. The summed E-state index contributed by atoms with van der Waals surface area (Å²) in [6.45, 7) is 4.17. The lowest BCUT2D eigenvalue weighted by Crippen LogP contribution is -1.91. The Morgan fingerprint density at radius 1 is 0.783 bits per heavy atom. The largest absolute Gasteiger partial charge is 0.375 e. The summed E-state index contributed by atoms with van der Waals surface area (Å²) in [6, 6.07) is 8.78. The van der Waals surface area contributed by atoms with Gasteiger partial charge in [0.05, 0.1) is 20.4 Å². The number of benzene rings is 2. The average Bonchev–Trinajstić information content (AvgIpc) is 3.01. The van der Waals surface area contributed by atoms with Gasteiger partial charge in [-0.1, -0.05) is 34.8 Å². The molecular formula is C17H16N4S2. The van der Waals surface area contributed by atoms with Crippen LogP contribution in [-0.4, -0.2) is 9.97 Å². The topological polar surface area (TPSA) is 77.8 Å². The molecule has 116 valence electrons. The Hall–Kier alpha value is -2.18. The number of anilines is 2. The molecule has 0 aliphatic carbocycles. The molecule has 4 nitrogen and oxygen atoms in total. The third kappa shape index (κ3) is 2.54. The summed E-state index contributed by atoms with van der Waals surface area (Å²) < 4.78 is 2.30. The van der Waals surface area contributed by atoms with Crippen LogP contribution in [0.2, 0.25) is 0 Å². The van der Waals surface area contributed by atoms with E-state index in [1.165, 1.54) is 22.3 Å². The summed E-state index contributed by atoms with van der Waals surface area (Å²) >= 11 is 3.08. The van der Waals surface area contributed by atoms with E-state index < -0.39 is 0 Å². The molecule has 2 aromatic carbocycles. The Morgan fingerprint density at radius 2 is 1.22 bits per heavy atom. The molecule has 4 aromatic rings. The van der Waals surface area contributed by atoms with E-state index in [1.807, 2.05) is 0 Å². The van der Waals surface area contributed by atoms with Crippen molar-refractivity contribution in [1.29, 1.82) is 0 Å². The summed E-state index contributed by atoms with van der Waals surface area (Å²) in [7, 11) is 0. The summed E-state index contributed by atoms with van der Waals surface area (Å²) in [6.07, 6.45) is 0.878. The smallest absolute Gasteiger partial charge is 0.181 e. The molecule has 0 spiro atoms. The van der Waals surface area contributed by atoms with Gasteiger partial charge in [0.2, 0.25) is 0 Å². The summed E-state index contributed by atoms with van der Waals surface area (Å²) in [5.74, 6) is 0. The van der Waals surface area contributed by atoms with Crippen LogP contribution in [0.25, 0.3) is 20.4 Å². The van der Waals surface area contributed by atoms with Gasteiger partial charge in [-0.15, -0.1) is 0 Å². The molecule has 0 aliphatic heterocycles. The average molecular weight is 340 g/mol. The molecule has 0 aliphatic rings. The van der Waals surface area contributed by atoms with E-state index in [2.05, 4.69) is 48.1 Å². The minimum atomic E-state index is 0.623. The maximum absolute atomic E-state index is 5.84. The fraction of sp³-hybridized carbons (Fsp3) is 0.176. The van der Waals surface area contributed by atoms with Crippen molar-refractivity contribution in [1.82, 2.24) is 9.97 Å².